The highest BCUT2D eigenvalue weighted by molar-refractivity contribution is 6.00. The first-order valence-electron chi connectivity index (χ1n) is 8.29. The van der Waals surface area contributed by atoms with Crippen molar-refractivity contribution in [1.82, 2.24) is 5.43 Å². The third kappa shape index (κ3) is 5.14. The van der Waals surface area contributed by atoms with Crippen molar-refractivity contribution in [2.24, 2.45) is 5.10 Å². The number of para-hydroxylation sites is 1. The van der Waals surface area contributed by atoms with Gasteiger partial charge in [-0.2, -0.15) is 5.10 Å². The molecule has 0 saturated heterocycles. The fourth-order valence-electron chi connectivity index (χ4n) is 2.42. The Bertz CT molecular complexity index is 727. The molecule has 0 aliphatic rings. The van der Waals surface area contributed by atoms with E-state index < -0.39 is 0 Å². The predicted molar refractivity (Wildman–Crippen MR) is 101 cm³/mol. The molecule has 0 radical (unpaired) electrons. The predicted octanol–water partition coefficient (Wildman–Crippen LogP) is 4.00. The van der Waals surface area contributed by atoms with Gasteiger partial charge in [0.2, 0.25) is 0 Å². The molecule has 0 aliphatic carbocycles. The monoisotopic (exact) mass is 342 g/mol. The lowest BCUT2D eigenvalue weighted by Gasteiger charge is -2.14. The second kappa shape index (κ2) is 8.97. The normalized spacial score (nSPS) is 11.4. The van der Waals surface area contributed by atoms with Crippen LogP contribution < -0.4 is 19.6 Å². The van der Waals surface area contributed by atoms with Gasteiger partial charge in [-0.05, 0) is 50.6 Å². The van der Waals surface area contributed by atoms with Crippen molar-refractivity contribution in [1.29, 1.82) is 0 Å². The maximum atomic E-state index is 5.85. The highest BCUT2D eigenvalue weighted by Gasteiger charge is 2.08. The molecule has 0 spiro atoms. The molecule has 0 aromatic heterocycles. The third-order valence-corrected chi connectivity index (χ3v) is 3.62. The van der Waals surface area contributed by atoms with E-state index in [1.165, 1.54) is 0 Å². The van der Waals surface area contributed by atoms with Gasteiger partial charge >= 0.3 is 0 Å². The fourth-order valence-corrected chi connectivity index (χ4v) is 2.42. The molecule has 25 heavy (non-hydrogen) atoms. The van der Waals surface area contributed by atoms with Crippen LogP contribution in [0.15, 0.2) is 47.6 Å². The van der Waals surface area contributed by atoms with E-state index in [0.717, 1.165) is 22.6 Å². The Morgan fingerprint density at radius 2 is 1.72 bits per heavy atom. The summed E-state index contributed by atoms with van der Waals surface area (Å²) in [7, 11) is 3.25. The molecule has 0 heterocycles. The summed E-state index contributed by atoms with van der Waals surface area (Å²) in [5.74, 6) is 2.26. The lowest BCUT2D eigenvalue weighted by Crippen LogP contribution is -2.12. The quantitative estimate of drug-likeness (QED) is 0.582. The summed E-state index contributed by atoms with van der Waals surface area (Å²) in [5.41, 5.74) is 6.02. The number of rotatable bonds is 8. The Balaban J connectivity index is 2.07. The van der Waals surface area contributed by atoms with Crippen LogP contribution in [-0.2, 0) is 6.54 Å². The topological polar surface area (TPSA) is 52.1 Å². The van der Waals surface area contributed by atoms with E-state index >= 15 is 0 Å². The van der Waals surface area contributed by atoms with Gasteiger partial charge in [-0.25, -0.2) is 0 Å². The van der Waals surface area contributed by atoms with E-state index in [1.807, 2.05) is 63.2 Å². The summed E-state index contributed by atoms with van der Waals surface area (Å²) in [6.07, 6.45) is 0.119. The van der Waals surface area contributed by atoms with Crippen LogP contribution in [0.4, 0.5) is 0 Å². The Hall–Kier alpha value is -2.69. The van der Waals surface area contributed by atoms with Crippen LogP contribution in [0.2, 0.25) is 0 Å². The highest BCUT2D eigenvalue weighted by atomic mass is 16.5. The average molecular weight is 342 g/mol. The Kier molecular flexibility index (Phi) is 6.69. The lowest BCUT2D eigenvalue weighted by atomic mass is 10.1. The minimum atomic E-state index is 0.119. The van der Waals surface area contributed by atoms with Crippen LogP contribution >= 0.6 is 0 Å². The van der Waals surface area contributed by atoms with E-state index in [9.17, 15) is 0 Å². The number of hydrazone groups is 1. The molecule has 5 nitrogen and oxygen atoms in total. The Morgan fingerprint density at radius 1 is 1.00 bits per heavy atom. The van der Waals surface area contributed by atoms with Crippen LogP contribution in [0, 0.1) is 0 Å². The molecule has 5 heteroatoms. The number of hydrogen-bond acceptors (Lipinski definition) is 5. The zero-order valence-corrected chi connectivity index (χ0v) is 15.5. The third-order valence-electron chi connectivity index (χ3n) is 3.62. The molecule has 134 valence electrons. The molecule has 0 fully saturated rings. The van der Waals surface area contributed by atoms with Gasteiger partial charge in [0.1, 0.15) is 5.75 Å². The maximum absolute atomic E-state index is 5.85. The molecular weight excluding hydrogens is 316 g/mol. The number of ether oxygens (including phenoxy) is 3. The fraction of sp³-hybridized carbons (Fsp3) is 0.350. The van der Waals surface area contributed by atoms with E-state index in [1.54, 1.807) is 14.2 Å². The number of nitrogens with zero attached hydrogens (tertiary/aromatic N) is 1. The van der Waals surface area contributed by atoms with E-state index in [4.69, 9.17) is 14.2 Å². The van der Waals surface area contributed by atoms with E-state index in [2.05, 4.69) is 10.5 Å². The summed E-state index contributed by atoms with van der Waals surface area (Å²) >= 11 is 0. The SMILES string of the molecule is COc1ccc(CN/N=C(/C)c2ccccc2OC(C)C)cc1OC. The van der Waals surface area contributed by atoms with Crippen molar-refractivity contribution in [3.05, 3.63) is 53.6 Å². The van der Waals surface area contributed by atoms with Gasteiger partial charge in [0, 0.05) is 5.56 Å². The summed E-state index contributed by atoms with van der Waals surface area (Å²) < 4.78 is 16.4. The van der Waals surface area contributed by atoms with E-state index in [0.29, 0.717) is 18.0 Å². The van der Waals surface area contributed by atoms with Gasteiger partial charge in [0.25, 0.3) is 0 Å². The Labute approximate surface area is 149 Å². The standard InChI is InChI=1S/C20H26N2O3/c1-14(2)25-18-9-7-6-8-17(18)15(3)22-21-13-16-10-11-19(23-4)20(12-16)24-5/h6-12,14,21H,13H2,1-5H3/b22-15-. The molecular formula is C20H26N2O3. The summed E-state index contributed by atoms with van der Waals surface area (Å²) in [5, 5.41) is 4.47. The van der Waals surface area contributed by atoms with Crippen LogP contribution in [0.25, 0.3) is 0 Å². The van der Waals surface area contributed by atoms with Crippen molar-refractivity contribution >= 4 is 5.71 Å². The van der Waals surface area contributed by atoms with Gasteiger partial charge in [-0.3, -0.25) is 0 Å². The maximum Gasteiger partial charge on any atom is 0.161 e. The van der Waals surface area contributed by atoms with Gasteiger partial charge in [0.15, 0.2) is 11.5 Å². The molecule has 0 aliphatic heterocycles. The molecule has 0 saturated carbocycles. The summed E-state index contributed by atoms with van der Waals surface area (Å²) in [6.45, 7) is 6.58. The second-order valence-corrected chi connectivity index (χ2v) is 5.88. The first-order chi connectivity index (χ1) is 12.0. The van der Waals surface area contributed by atoms with Gasteiger partial charge < -0.3 is 19.6 Å². The largest absolute Gasteiger partial charge is 0.493 e. The molecule has 0 unspecified atom stereocenters. The van der Waals surface area contributed by atoms with Crippen molar-refractivity contribution in [3.8, 4) is 17.2 Å². The van der Waals surface area contributed by atoms with Crippen molar-refractivity contribution in [2.45, 2.75) is 33.4 Å². The number of nitrogens with one attached hydrogen (secondary N) is 1. The first-order valence-corrected chi connectivity index (χ1v) is 8.29. The lowest BCUT2D eigenvalue weighted by molar-refractivity contribution is 0.242. The van der Waals surface area contributed by atoms with Crippen LogP contribution in [0.3, 0.4) is 0 Å². The van der Waals surface area contributed by atoms with Crippen molar-refractivity contribution < 1.29 is 14.2 Å². The minimum Gasteiger partial charge on any atom is -0.493 e. The van der Waals surface area contributed by atoms with Crippen LogP contribution in [-0.4, -0.2) is 26.0 Å². The highest BCUT2D eigenvalue weighted by Crippen LogP contribution is 2.27. The molecule has 0 atom stereocenters. The van der Waals surface area contributed by atoms with Gasteiger partial charge in [0.05, 0.1) is 32.6 Å². The Morgan fingerprint density at radius 3 is 2.40 bits per heavy atom. The molecule has 2 rings (SSSR count). The van der Waals surface area contributed by atoms with Gasteiger partial charge in [-0.15, -0.1) is 0 Å². The van der Waals surface area contributed by atoms with E-state index in [-0.39, 0.29) is 6.10 Å². The number of hydrogen-bond donors (Lipinski definition) is 1. The number of benzene rings is 2. The smallest absolute Gasteiger partial charge is 0.161 e. The second-order valence-electron chi connectivity index (χ2n) is 5.88. The van der Waals surface area contributed by atoms with Crippen molar-refractivity contribution in [2.75, 3.05) is 14.2 Å². The number of methoxy groups -OCH3 is 2. The first kappa shape index (κ1) is 18.6. The summed E-state index contributed by atoms with van der Waals surface area (Å²) in [4.78, 5) is 0. The molecule has 2 aromatic carbocycles. The van der Waals surface area contributed by atoms with Crippen molar-refractivity contribution in [3.63, 3.8) is 0 Å². The average Bonchev–Trinajstić information content (AvgIpc) is 2.61. The molecule has 2 aromatic rings. The molecule has 1 N–H and O–H groups in total. The van der Waals surface area contributed by atoms with Crippen LogP contribution in [0.1, 0.15) is 31.9 Å². The zero-order chi connectivity index (χ0) is 18.2. The molecule has 0 amide bonds. The van der Waals surface area contributed by atoms with Gasteiger partial charge in [-0.1, -0.05) is 18.2 Å². The minimum absolute atomic E-state index is 0.119. The zero-order valence-electron chi connectivity index (χ0n) is 15.5. The van der Waals surface area contributed by atoms with Crippen LogP contribution in [0.5, 0.6) is 17.2 Å². The summed E-state index contributed by atoms with van der Waals surface area (Å²) in [6, 6.07) is 13.7. The molecule has 0 bridgehead atoms.